The van der Waals surface area contributed by atoms with E-state index in [1.807, 2.05) is 24.3 Å². The van der Waals surface area contributed by atoms with Crippen LogP contribution in [0.4, 0.5) is 0 Å². The molecule has 4 rings (SSSR count). The minimum Gasteiger partial charge on any atom is -0.507 e. The zero-order chi connectivity index (χ0) is 18.1. The summed E-state index contributed by atoms with van der Waals surface area (Å²) >= 11 is 3.48. The molecular weight excluding hydrogens is 398 g/mol. The van der Waals surface area contributed by atoms with Gasteiger partial charge in [-0.2, -0.15) is 0 Å². The van der Waals surface area contributed by atoms with Gasteiger partial charge in [0.2, 0.25) is 5.78 Å². The number of aromatic hydroxyl groups is 1. The lowest BCUT2D eigenvalue weighted by Crippen LogP contribution is -2.35. The van der Waals surface area contributed by atoms with Gasteiger partial charge in [0.25, 0.3) is 0 Å². The van der Waals surface area contributed by atoms with Crippen molar-refractivity contribution in [3.63, 3.8) is 0 Å². The number of rotatable bonds is 3. The molecule has 2 aromatic rings. The van der Waals surface area contributed by atoms with Crippen molar-refractivity contribution in [2.75, 3.05) is 26.3 Å². The highest BCUT2D eigenvalue weighted by molar-refractivity contribution is 9.10. The Morgan fingerprint density at radius 3 is 2.69 bits per heavy atom. The summed E-state index contributed by atoms with van der Waals surface area (Å²) in [6, 6.07) is 10.8. The quantitative estimate of drug-likeness (QED) is 0.775. The van der Waals surface area contributed by atoms with Crippen molar-refractivity contribution in [3.05, 3.63) is 63.3 Å². The first kappa shape index (κ1) is 17.3. The van der Waals surface area contributed by atoms with E-state index >= 15 is 0 Å². The molecule has 2 aliphatic heterocycles. The Morgan fingerprint density at radius 2 is 1.92 bits per heavy atom. The number of Topliss-reactive ketones (excluding diaryl/α,β-unsaturated/α-hetero) is 1. The van der Waals surface area contributed by atoms with E-state index in [2.05, 4.69) is 20.8 Å². The number of morpholine rings is 1. The van der Waals surface area contributed by atoms with Gasteiger partial charge in [-0.3, -0.25) is 9.69 Å². The number of carbonyl (C=O) groups excluding carboxylic acids is 1. The highest BCUT2D eigenvalue weighted by Gasteiger charge is 2.32. The van der Waals surface area contributed by atoms with Gasteiger partial charge in [-0.05, 0) is 29.8 Å². The van der Waals surface area contributed by atoms with Crippen LogP contribution >= 0.6 is 15.9 Å². The lowest BCUT2D eigenvalue weighted by molar-refractivity contribution is 0.0336. The van der Waals surface area contributed by atoms with Crippen LogP contribution in [-0.2, 0) is 11.3 Å². The molecule has 0 aliphatic carbocycles. The molecule has 6 heteroatoms. The SMILES string of the molecule is O=C1/C(=C/c2ccccc2Br)Oc2c1ccc(O)c2CN1CCOCC1. The third-order valence-electron chi connectivity index (χ3n) is 4.59. The Labute approximate surface area is 160 Å². The Bertz CT molecular complexity index is 887. The Morgan fingerprint density at radius 1 is 1.15 bits per heavy atom. The predicted molar refractivity (Wildman–Crippen MR) is 101 cm³/mol. The number of nitrogens with zero attached hydrogens (tertiary/aromatic N) is 1. The lowest BCUT2D eigenvalue weighted by atomic mass is 10.0. The number of fused-ring (bicyclic) bond motifs is 1. The maximum Gasteiger partial charge on any atom is 0.231 e. The number of ketones is 1. The van der Waals surface area contributed by atoms with E-state index in [0.717, 1.165) is 23.1 Å². The molecule has 2 aromatic carbocycles. The first-order valence-electron chi connectivity index (χ1n) is 8.47. The number of carbonyl (C=O) groups is 1. The van der Waals surface area contributed by atoms with Gasteiger partial charge in [-0.15, -0.1) is 0 Å². The van der Waals surface area contributed by atoms with Crippen LogP contribution in [0.1, 0.15) is 21.5 Å². The average molecular weight is 416 g/mol. The lowest BCUT2D eigenvalue weighted by Gasteiger charge is -2.27. The van der Waals surface area contributed by atoms with Crippen molar-refractivity contribution in [1.82, 2.24) is 4.90 Å². The van der Waals surface area contributed by atoms with Gasteiger partial charge >= 0.3 is 0 Å². The van der Waals surface area contributed by atoms with Gasteiger partial charge < -0.3 is 14.6 Å². The molecule has 0 saturated carbocycles. The minimum absolute atomic E-state index is 0.144. The van der Waals surface area contributed by atoms with Crippen LogP contribution < -0.4 is 4.74 Å². The summed E-state index contributed by atoms with van der Waals surface area (Å²) in [5.74, 6) is 0.699. The van der Waals surface area contributed by atoms with Crippen molar-refractivity contribution in [2.24, 2.45) is 0 Å². The van der Waals surface area contributed by atoms with Crippen LogP contribution in [0.2, 0.25) is 0 Å². The van der Waals surface area contributed by atoms with Crippen LogP contribution in [-0.4, -0.2) is 42.1 Å². The molecule has 26 heavy (non-hydrogen) atoms. The fraction of sp³-hybridized carbons (Fsp3) is 0.250. The second kappa shape index (κ2) is 7.23. The maximum absolute atomic E-state index is 12.7. The number of hydrogen-bond acceptors (Lipinski definition) is 5. The standard InChI is InChI=1S/C20H18BrNO4/c21-16-4-2-1-3-13(16)11-18-19(24)14-5-6-17(23)15(20(14)26-18)12-22-7-9-25-10-8-22/h1-6,11,23H,7-10,12H2/b18-11-. The number of allylic oxidation sites excluding steroid dienone is 1. The first-order valence-corrected chi connectivity index (χ1v) is 9.26. The number of hydrogen-bond donors (Lipinski definition) is 1. The zero-order valence-electron chi connectivity index (χ0n) is 14.1. The van der Waals surface area contributed by atoms with Gasteiger partial charge in [-0.25, -0.2) is 0 Å². The molecule has 0 unspecified atom stereocenters. The number of benzene rings is 2. The largest absolute Gasteiger partial charge is 0.507 e. The molecule has 0 amide bonds. The molecule has 0 atom stereocenters. The Hall–Kier alpha value is -2.15. The fourth-order valence-corrected chi connectivity index (χ4v) is 3.57. The molecule has 2 aliphatic rings. The number of ether oxygens (including phenoxy) is 2. The highest BCUT2D eigenvalue weighted by Crippen LogP contribution is 2.40. The summed E-state index contributed by atoms with van der Waals surface area (Å²) in [7, 11) is 0. The number of halogens is 1. The predicted octanol–water partition coefficient (Wildman–Crippen LogP) is 3.60. The van der Waals surface area contributed by atoms with Crippen LogP contribution in [0.5, 0.6) is 11.5 Å². The van der Waals surface area contributed by atoms with Crippen LogP contribution in [0.25, 0.3) is 6.08 Å². The molecule has 0 aromatic heterocycles. The average Bonchev–Trinajstić information content (AvgIpc) is 2.96. The zero-order valence-corrected chi connectivity index (χ0v) is 15.7. The van der Waals surface area contributed by atoms with Crippen molar-refractivity contribution >= 4 is 27.8 Å². The van der Waals surface area contributed by atoms with Crippen LogP contribution in [0.3, 0.4) is 0 Å². The topological polar surface area (TPSA) is 59.0 Å². The number of phenolic OH excluding ortho intramolecular Hbond substituents is 1. The van der Waals surface area contributed by atoms with Crippen molar-refractivity contribution in [2.45, 2.75) is 6.54 Å². The van der Waals surface area contributed by atoms with Gasteiger partial charge in [0, 0.05) is 24.1 Å². The molecule has 0 radical (unpaired) electrons. The van der Waals surface area contributed by atoms with Gasteiger partial charge in [0.15, 0.2) is 5.76 Å². The molecule has 0 spiro atoms. The van der Waals surface area contributed by atoms with Crippen molar-refractivity contribution in [3.8, 4) is 11.5 Å². The van der Waals surface area contributed by atoms with Crippen molar-refractivity contribution < 1.29 is 19.4 Å². The van der Waals surface area contributed by atoms with E-state index < -0.39 is 0 Å². The fourth-order valence-electron chi connectivity index (χ4n) is 3.17. The summed E-state index contributed by atoms with van der Waals surface area (Å²) in [6.07, 6.45) is 1.72. The second-order valence-electron chi connectivity index (χ2n) is 6.29. The summed E-state index contributed by atoms with van der Waals surface area (Å²) in [6.45, 7) is 3.44. The normalized spacial score (nSPS) is 18.8. The summed E-state index contributed by atoms with van der Waals surface area (Å²) in [5.41, 5.74) is 2.00. The first-order chi connectivity index (χ1) is 12.6. The van der Waals surface area contributed by atoms with E-state index in [0.29, 0.717) is 36.6 Å². The monoisotopic (exact) mass is 415 g/mol. The molecular formula is C20H18BrNO4. The van der Waals surface area contributed by atoms with E-state index in [1.54, 1.807) is 18.2 Å². The molecule has 1 fully saturated rings. The van der Waals surface area contributed by atoms with Gasteiger partial charge in [0.1, 0.15) is 11.5 Å². The second-order valence-corrected chi connectivity index (χ2v) is 7.14. The Kier molecular flexibility index (Phi) is 4.80. The van der Waals surface area contributed by atoms with E-state index in [-0.39, 0.29) is 17.3 Å². The molecule has 1 saturated heterocycles. The molecule has 134 valence electrons. The summed E-state index contributed by atoms with van der Waals surface area (Å²) in [4.78, 5) is 14.9. The van der Waals surface area contributed by atoms with Crippen molar-refractivity contribution in [1.29, 1.82) is 0 Å². The third-order valence-corrected chi connectivity index (χ3v) is 5.32. The molecule has 0 bridgehead atoms. The van der Waals surface area contributed by atoms with Gasteiger partial charge in [0.05, 0.1) is 24.3 Å². The smallest absolute Gasteiger partial charge is 0.231 e. The molecule has 2 heterocycles. The highest BCUT2D eigenvalue weighted by atomic mass is 79.9. The third kappa shape index (κ3) is 3.28. The van der Waals surface area contributed by atoms with Gasteiger partial charge in [-0.1, -0.05) is 34.1 Å². The molecule has 5 nitrogen and oxygen atoms in total. The maximum atomic E-state index is 12.7. The number of phenols is 1. The van der Waals surface area contributed by atoms with E-state index in [1.165, 1.54) is 0 Å². The van der Waals surface area contributed by atoms with Crippen LogP contribution in [0, 0.1) is 0 Å². The Balaban J connectivity index is 1.67. The van der Waals surface area contributed by atoms with Crippen LogP contribution in [0.15, 0.2) is 46.6 Å². The van der Waals surface area contributed by atoms with E-state index in [9.17, 15) is 9.90 Å². The molecule has 1 N–H and O–H groups in total. The minimum atomic E-state index is -0.168. The summed E-state index contributed by atoms with van der Waals surface area (Å²) < 4.78 is 12.2. The summed E-state index contributed by atoms with van der Waals surface area (Å²) in [5, 5.41) is 10.3. The van der Waals surface area contributed by atoms with E-state index in [4.69, 9.17) is 9.47 Å².